The molecule has 0 aliphatic carbocycles. The van der Waals surface area contributed by atoms with E-state index in [2.05, 4.69) is 42.9 Å². The van der Waals surface area contributed by atoms with Gasteiger partial charge in [-0.1, -0.05) is 17.7 Å². The maximum atomic E-state index is 12.6. The summed E-state index contributed by atoms with van der Waals surface area (Å²) in [5.41, 5.74) is 4.10. The molecular weight excluding hydrogens is 392 g/mol. The molecule has 2 rings (SSSR count). The average Bonchev–Trinajstić information content (AvgIpc) is 2.57. The lowest BCUT2D eigenvalue weighted by Crippen LogP contribution is -2.30. The van der Waals surface area contributed by atoms with Crippen molar-refractivity contribution in [2.24, 2.45) is 0 Å². The van der Waals surface area contributed by atoms with Gasteiger partial charge in [-0.15, -0.1) is 11.8 Å². The summed E-state index contributed by atoms with van der Waals surface area (Å²) in [6.07, 6.45) is 0. The molecule has 7 heteroatoms. The van der Waals surface area contributed by atoms with E-state index in [1.54, 1.807) is 26.0 Å². The van der Waals surface area contributed by atoms with Gasteiger partial charge in [0.15, 0.2) is 0 Å². The Labute approximate surface area is 172 Å². The Bertz CT molecular complexity index is 929. The first-order chi connectivity index (χ1) is 13.0. The molecule has 2 aromatic rings. The molecule has 5 nitrogen and oxygen atoms in total. The number of benzene rings is 2. The van der Waals surface area contributed by atoms with Crippen molar-refractivity contribution < 1.29 is 13.2 Å². The zero-order valence-electron chi connectivity index (χ0n) is 17.2. The molecule has 1 amide bonds. The van der Waals surface area contributed by atoms with Crippen molar-refractivity contribution >= 4 is 33.4 Å². The Balaban J connectivity index is 2.07. The van der Waals surface area contributed by atoms with Crippen molar-refractivity contribution in [3.05, 3.63) is 53.1 Å². The maximum absolute atomic E-state index is 12.6. The fourth-order valence-corrected chi connectivity index (χ4v) is 5.18. The van der Waals surface area contributed by atoms with Crippen LogP contribution in [0.15, 0.2) is 46.2 Å². The molecular formula is C21H28N2O3S2. The number of hydrogen-bond acceptors (Lipinski definition) is 4. The summed E-state index contributed by atoms with van der Waals surface area (Å²) in [5.74, 6) is -0.125. The van der Waals surface area contributed by atoms with Gasteiger partial charge in [-0.25, -0.2) is 13.1 Å². The van der Waals surface area contributed by atoms with E-state index in [0.29, 0.717) is 5.69 Å². The number of nitrogens with one attached hydrogen (secondary N) is 2. The number of carbonyl (C=O) groups is 1. The highest BCUT2D eigenvalue weighted by Crippen LogP contribution is 2.31. The van der Waals surface area contributed by atoms with Gasteiger partial charge in [0, 0.05) is 16.6 Å². The summed E-state index contributed by atoms with van der Waals surface area (Å²) in [6.45, 7) is 11.6. The zero-order chi connectivity index (χ0) is 21.1. The molecule has 0 unspecified atom stereocenters. The average molecular weight is 421 g/mol. The molecule has 0 aliphatic rings. The first-order valence-corrected chi connectivity index (χ1v) is 11.5. The lowest BCUT2D eigenvalue weighted by atomic mass is 10.1. The number of hydrogen-bond donors (Lipinski definition) is 2. The van der Waals surface area contributed by atoms with Crippen molar-refractivity contribution in [3.63, 3.8) is 0 Å². The molecule has 0 fully saturated rings. The predicted molar refractivity (Wildman–Crippen MR) is 117 cm³/mol. The number of sulfonamides is 1. The van der Waals surface area contributed by atoms with Crippen LogP contribution < -0.4 is 10.0 Å². The molecule has 2 N–H and O–H groups in total. The third-order valence-electron chi connectivity index (χ3n) is 4.09. The Morgan fingerprint density at radius 1 is 0.964 bits per heavy atom. The topological polar surface area (TPSA) is 75.3 Å². The number of carbonyl (C=O) groups excluding carboxylic acids is 1. The molecule has 1 atom stereocenters. The molecule has 0 heterocycles. The van der Waals surface area contributed by atoms with Crippen LogP contribution in [0.25, 0.3) is 0 Å². The Morgan fingerprint density at radius 2 is 1.50 bits per heavy atom. The standard InChI is InChI=1S/C21H28N2O3S2/c1-13(2)23-28(25,26)19-9-7-18(8-10-19)22-21(24)17(6)27-20-15(4)11-14(3)12-16(20)5/h7-13,17,23H,1-6H3,(H,22,24)/t17-/m1/s1. The van der Waals surface area contributed by atoms with Crippen LogP contribution in [0.5, 0.6) is 0 Å². The number of amides is 1. The quantitative estimate of drug-likeness (QED) is 0.650. The van der Waals surface area contributed by atoms with Gasteiger partial charge in [0.05, 0.1) is 10.1 Å². The second-order valence-corrected chi connectivity index (χ2v) is 10.3. The zero-order valence-corrected chi connectivity index (χ0v) is 18.8. The molecule has 0 aliphatic heterocycles. The number of thioether (sulfide) groups is 1. The molecule has 0 radical (unpaired) electrons. The third-order valence-corrected chi connectivity index (χ3v) is 7.21. The van der Waals surface area contributed by atoms with E-state index in [-0.39, 0.29) is 22.1 Å². The van der Waals surface area contributed by atoms with Crippen molar-refractivity contribution in [3.8, 4) is 0 Å². The van der Waals surface area contributed by atoms with Crippen LogP contribution in [0.4, 0.5) is 5.69 Å². The van der Waals surface area contributed by atoms with E-state index < -0.39 is 10.0 Å². The monoisotopic (exact) mass is 420 g/mol. The van der Waals surface area contributed by atoms with E-state index in [9.17, 15) is 13.2 Å². The van der Waals surface area contributed by atoms with Gasteiger partial charge in [0.2, 0.25) is 15.9 Å². The minimum Gasteiger partial charge on any atom is -0.325 e. The Hall–Kier alpha value is -1.83. The van der Waals surface area contributed by atoms with E-state index in [1.807, 2.05) is 6.92 Å². The van der Waals surface area contributed by atoms with E-state index in [4.69, 9.17) is 0 Å². The van der Waals surface area contributed by atoms with E-state index in [1.165, 1.54) is 29.5 Å². The Kier molecular flexibility index (Phi) is 7.31. The highest BCUT2D eigenvalue weighted by Gasteiger charge is 2.18. The number of aryl methyl sites for hydroxylation is 3. The van der Waals surface area contributed by atoms with Crippen LogP contribution in [-0.4, -0.2) is 25.6 Å². The number of anilines is 1. The van der Waals surface area contributed by atoms with Gasteiger partial charge in [0.1, 0.15) is 0 Å². The molecule has 0 bridgehead atoms. The third kappa shape index (κ3) is 5.83. The Morgan fingerprint density at radius 3 is 2.00 bits per heavy atom. The van der Waals surface area contributed by atoms with Gasteiger partial charge in [-0.3, -0.25) is 4.79 Å². The van der Waals surface area contributed by atoms with Gasteiger partial charge < -0.3 is 5.32 Å². The summed E-state index contributed by atoms with van der Waals surface area (Å²) >= 11 is 1.53. The normalized spacial score (nSPS) is 12.8. The summed E-state index contributed by atoms with van der Waals surface area (Å²) in [7, 11) is -3.54. The van der Waals surface area contributed by atoms with Crippen molar-refractivity contribution in [2.45, 2.75) is 62.6 Å². The largest absolute Gasteiger partial charge is 0.325 e. The first kappa shape index (κ1) is 22.5. The second-order valence-electron chi connectivity index (χ2n) is 7.28. The summed E-state index contributed by atoms with van der Waals surface area (Å²) in [5, 5.41) is 2.57. The maximum Gasteiger partial charge on any atom is 0.240 e. The van der Waals surface area contributed by atoms with Crippen LogP contribution >= 0.6 is 11.8 Å². The van der Waals surface area contributed by atoms with Crippen LogP contribution in [0.3, 0.4) is 0 Å². The molecule has 0 aromatic heterocycles. The minimum absolute atomic E-state index is 0.125. The molecule has 28 heavy (non-hydrogen) atoms. The van der Waals surface area contributed by atoms with Crippen LogP contribution in [0.2, 0.25) is 0 Å². The fraction of sp³-hybridized carbons (Fsp3) is 0.381. The summed E-state index contributed by atoms with van der Waals surface area (Å²) in [4.78, 5) is 13.9. The smallest absolute Gasteiger partial charge is 0.240 e. The van der Waals surface area contributed by atoms with Crippen LogP contribution in [0.1, 0.15) is 37.5 Å². The SMILES string of the molecule is Cc1cc(C)c(S[C@H](C)C(=O)Nc2ccc(S(=O)(=O)NC(C)C)cc2)c(C)c1. The van der Waals surface area contributed by atoms with Crippen molar-refractivity contribution in [1.82, 2.24) is 4.72 Å². The lowest BCUT2D eigenvalue weighted by molar-refractivity contribution is -0.115. The van der Waals surface area contributed by atoms with Gasteiger partial charge in [0.25, 0.3) is 0 Å². The van der Waals surface area contributed by atoms with E-state index >= 15 is 0 Å². The van der Waals surface area contributed by atoms with Crippen LogP contribution in [0, 0.1) is 20.8 Å². The van der Waals surface area contributed by atoms with Crippen LogP contribution in [-0.2, 0) is 14.8 Å². The highest BCUT2D eigenvalue weighted by molar-refractivity contribution is 8.00. The molecule has 2 aromatic carbocycles. The van der Waals surface area contributed by atoms with E-state index in [0.717, 1.165) is 16.0 Å². The molecule has 152 valence electrons. The van der Waals surface area contributed by atoms with Gasteiger partial charge in [-0.05, 0) is 76.9 Å². The van der Waals surface area contributed by atoms with Gasteiger partial charge in [-0.2, -0.15) is 0 Å². The molecule has 0 spiro atoms. The lowest BCUT2D eigenvalue weighted by Gasteiger charge is -2.16. The molecule has 0 saturated heterocycles. The molecule has 0 saturated carbocycles. The number of rotatable bonds is 7. The first-order valence-electron chi connectivity index (χ1n) is 9.17. The second kappa shape index (κ2) is 9.11. The van der Waals surface area contributed by atoms with Gasteiger partial charge >= 0.3 is 0 Å². The predicted octanol–water partition coefficient (Wildman–Crippen LogP) is 4.42. The van der Waals surface area contributed by atoms with Crippen molar-refractivity contribution in [1.29, 1.82) is 0 Å². The highest BCUT2D eigenvalue weighted by atomic mass is 32.2. The summed E-state index contributed by atoms with van der Waals surface area (Å²) < 4.78 is 26.9. The summed E-state index contributed by atoms with van der Waals surface area (Å²) in [6, 6.07) is 10.2. The van der Waals surface area contributed by atoms with Crippen molar-refractivity contribution in [2.75, 3.05) is 5.32 Å². The fourth-order valence-electron chi connectivity index (χ4n) is 2.92. The minimum atomic E-state index is -3.54.